The molecule has 0 spiro atoms. The summed E-state index contributed by atoms with van der Waals surface area (Å²) in [5, 5.41) is 0. The van der Waals surface area contributed by atoms with Crippen molar-refractivity contribution in [1.29, 1.82) is 0 Å². The Kier molecular flexibility index (Phi) is 3.41. The lowest BCUT2D eigenvalue weighted by Crippen LogP contribution is -2.39. The SMILES string of the molecule is C#CCN1CCCC(OC)C1. The van der Waals surface area contributed by atoms with Gasteiger partial charge in [-0.2, -0.15) is 0 Å². The van der Waals surface area contributed by atoms with Gasteiger partial charge in [-0.05, 0) is 19.4 Å². The van der Waals surface area contributed by atoms with E-state index >= 15 is 0 Å². The molecule has 0 N–H and O–H groups in total. The number of terminal acetylenes is 1. The first-order valence-electron chi connectivity index (χ1n) is 4.05. The van der Waals surface area contributed by atoms with Gasteiger partial charge in [-0.3, -0.25) is 4.90 Å². The van der Waals surface area contributed by atoms with E-state index < -0.39 is 0 Å². The Morgan fingerprint density at radius 3 is 3.18 bits per heavy atom. The van der Waals surface area contributed by atoms with Gasteiger partial charge in [0.15, 0.2) is 0 Å². The third-order valence-corrected chi connectivity index (χ3v) is 2.11. The van der Waals surface area contributed by atoms with Crippen LogP contribution < -0.4 is 0 Å². The number of hydrogen-bond donors (Lipinski definition) is 0. The summed E-state index contributed by atoms with van der Waals surface area (Å²) in [6.07, 6.45) is 8.00. The fourth-order valence-corrected chi connectivity index (χ4v) is 1.48. The van der Waals surface area contributed by atoms with Crippen molar-refractivity contribution in [1.82, 2.24) is 4.90 Å². The average molecular weight is 153 g/mol. The predicted molar refractivity (Wildman–Crippen MR) is 45.3 cm³/mol. The van der Waals surface area contributed by atoms with Crippen LogP contribution in [0.1, 0.15) is 12.8 Å². The molecule has 0 amide bonds. The quantitative estimate of drug-likeness (QED) is 0.542. The van der Waals surface area contributed by atoms with Crippen LogP contribution in [-0.2, 0) is 4.74 Å². The highest BCUT2D eigenvalue weighted by atomic mass is 16.5. The first-order chi connectivity index (χ1) is 5.36. The molecule has 1 aliphatic heterocycles. The van der Waals surface area contributed by atoms with Gasteiger partial charge in [0.1, 0.15) is 0 Å². The lowest BCUT2D eigenvalue weighted by atomic mass is 10.1. The molecule has 1 atom stereocenters. The maximum Gasteiger partial charge on any atom is 0.0699 e. The van der Waals surface area contributed by atoms with Crippen molar-refractivity contribution in [3.05, 3.63) is 0 Å². The van der Waals surface area contributed by atoms with E-state index in [2.05, 4.69) is 10.8 Å². The topological polar surface area (TPSA) is 12.5 Å². The van der Waals surface area contributed by atoms with Crippen LogP contribution in [0.4, 0.5) is 0 Å². The number of piperidine rings is 1. The minimum absolute atomic E-state index is 0.400. The molecule has 2 nitrogen and oxygen atoms in total. The van der Waals surface area contributed by atoms with Gasteiger partial charge in [-0.25, -0.2) is 0 Å². The van der Waals surface area contributed by atoms with Gasteiger partial charge in [-0.15, -0.1) is 6.42 Å². The molecule has 0 radical (unpaired) electrons. The summed E-state index contributed by atoms with van der Waals surface area (Å²) in [5.41, 5.74) is 0. The van der Waals surface area contributed by atoms with E-state index in [1.54, 1.807) is 7.11 Å². The van der Waals surface area contributed by atoms with Crippen LogP contribution in [0, 0.1) is 12.3 Å². The van der Waals surface area contributed by atoms with Crippen molar-refractivity contribution in [2.75, 3.05) is 26.7 Å². The molecule has 1 unspecified atom stereocenters. The van der Waals surface area contributed by atoms with Gasteiger partial charge >= 0.3 is 0 Å². The number of rotatable bonds is 2. The monoisotopic (exact) mass is 153 g/mol. The Hall–Kier alpha value is -0.520. The van der Waals surface area contributed by atoms with Gasteiger partial charge in [0.25, 0.3) is 0 Å². The molecule has 1 rings (SSSR count). The Bertz CT molecular complexity index is 150. The van der Waals surface area contributed by atoms with Crippen molar-refractivity contribution < 1.29 is 4.74 Å². The summed E-state index contributed by atoms with van der Waals surface area (Å²) in [7, 11) is 1.77. The number of ether oxygens (including phenoxy) is 1. The number of hydrogen-bond acceptors (Lipinski definition) is 2. The average Bonchev–Trinajstić information content (AvgIpc) is 2.06. The van der Waals surface area contributed by atoms with Gasteiger partial charge in [-0.1, -0.05) is 5.92 Å². The third kappa shape index (κ3) is 2.53. The molecule has 0 bridgehead atoms. The van der Waals surface area contributed by atoms with Crippen molar-refractivity contribution in [2.45, 2.75) is 18.9 Å². The van der Waals surface area contributed by atoms with E-state index in [0.717, 1.165) is 19.6 Å². The normalized spacial score (nSPS) is 26.4. The highest BCUT2D eigenvalue weighted by Crippen LogP contribution is 2.11. The molecule has 0 aromatic rings. The van der Waals surface area contributed by atoms with Crippen molar-refractivity contribution in [3.8, 4) is 12.3 Å². The molecular weight excluding hydrogens is 138 g/mol. The fraction of sp³-hybridized carbons (Fsp3) is 0.778. The van der Waals surface area contributed by atoms with Crippen LogP contribution in [0.15, 0.2) is 0 Å². The lowest BCUT2D eigenvalue weighted by Gasteiger charge is -2.30. The molecule has 0 aromatic heterocycles. The van der Waals surface area contributed by atoms with Crippen LogP contribution in [0.3, 0.4) is 0 Å². The first kappa shape index (κ1) is 8.58. The highest BCUT2D eigenvalue weighted by molar-refractivity contribution is 4.90. The highest BCUT2D eigenvalue weighted by Gasteiger charge is 2.17. The van der Waals surface area contributed by atoms with Crippen molar-refractivity contribution in [3.63, 3.8) is 0 Å². The predicted octanol–water partition coefficient (Wildman–Crippen LogP) is 0.730. The molecule has 2 heteroatoms. The summed E-state index contributed by atoms with van der Waals surface area (Å²) in [4.78, 5) is 2.26. The third-order valence-electron chi connectivity index (χ3n) is 2.11. The number of nitrogens with zero attached hydrogens (tertiary/aromatic N) is 1. The Labute approximate surface area is 68.5 Å². The van der Waals surface area contributed by atoms with Crippen LogP contribution in [0.25, 0.3) is 0 Å². The zero-order valence-electron chi connectivity index (χ0n) is 7.05. The van der Waals surface area contributed by atoms with Gasteiger partial charge in [0.05, 0.1) is 12.6 Å². The Balaban J connectivity index is 2.28. The van der Waals surface area contributed by atoms with Crippen LogP contribution >= 0.6 is 0 Å². The second-order valence-corrected chi connectivity index (χ2v) is 2.94. The summed E-state index contributed by atoms with van der Waals surface area (Å²) < 4.78 is 5.26. The van der Waals surface area contributed by atoms with Crippen molar-refractivity contribution in [2.24, 2.45) is 0 Å². The summed E-state index contributed by atoms with van der Waals surface area (Å²) >= 11 is 0. The summed E-state index contributed by atoms with van der Waals surface area (Å²) in [6.45, 7) is 2.89. The van der Waals surface area contributed by atoms with Crippen LogP contribution in [0.5, 0.6) is 0 Å². The standard InChI is InChI=1S/C9H15NO/c1-3-6-10-7-4-5-9(8-10)11-2/h1,9H,4-8H2,2H3. The van der Waals surface area contributed by atoms with Crippen molar-refractivity contribution >= 4 is 0 Å². The molecule has 0 saturated carbocycles. The van der Waals surface area contributed by atoms with Crippen LogP contribution in [-0.4, -0.2) is 37.7 Å². The van der Waals surface area contributed by atoms with E-state index in [9.17, 15) is 0 Å². The van der Waals surface area contributed by atoms with Gasteiger partial charge in [0.2, 0.25) is 0 Å². The molecule has 1 heterocycles. The van der Waals surface area contributed by atoms with Gasteiger partial charge < -0.3 is 4.74 Å². The second kappa shape index (κ2) is 4.38. The van der Waals surface area contributed by atoms with E-state index in [4.69, 9.17) is 11.2 Å². The molecule has 1 saturated heterocycles. The maximum atomic E-state index is 5.26. The summed E-state index contributed by atoms with van der Waals surface area (Å²) in [6, 6.07) is 0. The molecule has 1 fully saturated rings. The van der Waals surface area contributed by atoms with E-state index in [0.29, 0.717) is 6.10 Å². The number of likely N-dealkylation sites (tertiary alicyclic amines) is 1. The van der Waals surface area contributed by atoms with E-state index in [1.165, 1.54) is 12.8 Å². The first-order valence-corrected chi connectivity index (χ1v) is 4.05. The molecule has 0 aliphatic carbocycles. The lowest BCUT2D eigenvalue weighted by molar-refractivity contribution is 0.0364. The zero-order chi connectivity index (χ0) is 8.10. The minimum atomic E-state index is 0.400. The number of methoxy groups -OCH3 is 1. The van der Waals surface area contributed by atoms with E-state index in [-0.39, 0.29) is 0 Å². The molecule has 62 valence electrons. The minimum Gasteiger partial charge on any atom is -0.380 e. The molecule has 1 aliphatic rings. The van der Waals surface area contributed by atoms with Gasteiger partial charge in [0, 0.05) is 13.7 Å². The fourth-order valence-electron chi connectivity index (χ4n) is 1.48. The van der Waals surface area contributed by atoms with E-state index in [1.807, 2.05) is 0 Å². The smallest absolute Gasteiger partial charge is 0.0699 e. The summed E-state index contributed by atoms with van der Waals surface area (Å²) in [5.74, 6) is 2.65. The molecule has 11 heavy (non-hydrogen) atoms. The Morgan fingerprint density at radius 1 is 1.73 bits per heavy atom. The zero-order valence-corrected chi connectivity index (χ0v) is 7.05. The second-order valence-electron chi connectivity index (χ2n) is 2.94. The largest absolute Gasteiger partial charge is 0.380 e. The Morgan fingerprint density at radius 2 is 2.55 bits per heavy atom. The molecule has 0 aromatic carbocycles. The molecular formula is C9H15NO. The van der Waals surface area contributed by atoms with Crippen LogP contribution in [0.2, 0.25) is 0 Å². The maximum absolute atomic E-state index is 5.26.